The summed E-state index contributed by atoms with van der Waals surface area (Å²) >= 11 is 0. The van der Waals surface area contributed by atoms with E-state index in [0.29, 0.717) is 5.69 Å². The predicted octanol–water partition coefficient (Wildman–Crippen LogP) is 4.05. The zero-order chi connectivity index (χ0) is 14.8. The van der Waals surface area contributed by atoms with Crippen molar-refractivity contribution in [2.75, 3.05) is 11.1 Å². The summed E-state index contributed by atoms with van der Waals surface area (Å²) < 4.78 is 5.28. The highest BCUT2D eigenvalue weighted by Gasteiger charge is 2.19. The zero-order valence-electron chi connectivity index (χ0n) is 12.6. The van der Waals surface area contributed by atoms with Crippen molar-refractivity contribution < 1.29 is 9.53 Å². The first-order chi connectivity index (χ1) is 8.60. The van der Waals surface area contributed by atoms with E-state index in [9.17, 15) is 4.79 Å². The predicted molar refractivity (Wildman–Crippen MR) is 79.5 cm³/mol. The van der Waals surface area contributed by atoms with E-state index >= 15 is 0 Å². The number of hydrogen-bond donors (Lipinski definition) is 2. The van der Waals surface area contributed by atoms with Gasteiger partial charge in [0.15, 0.2) is 0 Å². The Kier molecular flexibility index (Phi) is 4.45. The summed E-state index contributed by atoms with van der Waals surface area (Å²) in [6.07, 6.45) is -0.442. The summed E-state index contributed by atoms with van der Waals surface area (Å²) in [6, 6.07) is 3.74. The highest BCUT2D eigenvalue weighted by molar-refractivity contribution is 5.88. The average molecular weight is 264 g/mol. The van der Waals surface area contributed by atoms with Crippen LogP contribution in [0.15, 0.2) is 12.1 Å². The van der Waals surface area contributed by atoms with Crippen molar-refractivity contribution in [3.8, 4) is 0 Å². The number of carbonyl (C=O) groups is 1. The molecule has 1 amide bonds. The number of anilines is 2. The standard InChI is InChI=1S/C15H24N2O2/c1-9(2)12-8-11(16)7-10(3)13(12)17-14(18)19-15(4,5)6/h7-9H,16H2,1-6H3,(H,17,18). The van der Waals surface area contributed by atoms with Gasteiger partial charge in [-0.2, -0.15) is 0 Å². The van der Waals surface area contributed by atoms with Crippen LogP contribution in [0.5, 0.6) is 0 Å². The molecule has 0 saturated heterocycles. The van der Waals surface area contributed by atoms with Crippen molar-refractivity contribution in [2.45, 2.75) is 53.1 Å². The van der Waals surface area contributed by atoms with Crippen LogP contribution >= 0.6 is 0 Å². The number of aryl methyl sites for hydroxylation is 1. The van der Waals surface area contributed by atoms with E-state index in [2.05, 4.69) is 19.2 Å². The second-order valence-corrected chi connectivity index (χ2v) is 6.08. The maximum Gasteiger partial charge on any atom is 0.412 e. The third kappa shape index (κ3) is 4.47. The number of nitrogens with one attached hydrogen (secondary N) is 1. The molecule has 0 unspecified atom stereocenters. The second kappa shape index (κ2) is 5.51. The molecule has 1 rings (SSSR count). The molecule has 19 heavy (non-hydrogen) atoms. The molecule has 1 aromatic rings. The fourth-order valence-corrected chi connectivity index (χ4v) is 1.87. The van der Waals surface area contributed by atoms with Crippen LogP contribution in [0.1, 0.15) is 51.7 Å². The molecule has 0 spiro atoms. The maximum absolute atomic E-state index is 11.9. The molecule has 4 heteroatoms. The highest BCUT2D eigenvalue weighted by atomic mass is 16.6. The van der Waals surface area contributed by atoms with Crippen LogP contribution in [0.25, 0.3) is 0 Å². The van der Waals surface area contributed by atoms with Gasteiger partial charge in [-0.3, -0.25) is 5.32 Å². The molecule has 0 heterocycles. The van der Waals surface area contributed by atoms with E-state index in [-0.39, 0.29) is 5.92 Å². The number of ether oxygens (including phenoxy) is 1. The van der Waals surface area contributed by atoms with Crippen LogP contribution in [0.2, 0.25) is 0 Å². The first-order valence-electron chi connectivity index (χ1n) is 6.50. The minimum Gasteiger partial charge on any atom is -0.444 e. The monoisotopic (exact) mass is 264 g/mol. The van der Waals surface area contributed by atoms with E-state index < -0.39 is 11.7 Å². The first-order valence-corrected chi connectivity index (χ1v) is 6.50. The summed E-state index contributed by atoms with van der Waals surface area (Å²) in [5, 5.41) is 2.83. The van der Waals surface area contributed by atoms with Crippen molar-refractivity contribution in [1.29, 1.82) is 0 Å². The Labute approximate surface area is 115 Å². The number of benzene rings is 1. The molecular formula is C15H24N2O2. The molecule has 0 aliphatic rings. The molecule has 0 aromatic heterocycles. The zero-order valence-corrected chi connectivity index (χ0v) is 12.6. The minimum atomic E-state index is -0.510. The third-order valence-electron chi connectivity index (χ3n) is 2.64. The Hall–Kier alpha value is -1.71. The van der Waals surface area contributed by atoms with E-state index in [1.54, 1.807) is 0 Å². The Morgan fingerprint density at radius 1 is 1.32 bits per heavy atom. The molecule has 0 fully saturated rings. The number of nitrogen functional groups attached to an aromatic ring is 1. The molecule has 0 radical (unpaired) electrons. The van der Waals surface area contributed by atoms with Crippen molar-refractivity contribution in [3.63, 3.8) is 0 Å². The Bertz CT molecular complexity index is 474. The SMILES string of the molecule is Cc1cc(N)cc(C(C)C)c1NC(=O)OC(C)(C)C. The topological polar surface area (TPSA) is 64.3 Å². The largest absolute Gasteiger partial charge is 0.444 e. The lowest BCUT2D eigenvalue weighted by molar-refractivity contribution is 0.0635. The van der Waals surface area contributed by atoms with Gasteiger partial charge in [-0.05, 0) is 56.9 Å². The third-order valence-corrected chi connectivity index (χ3v) is 2.64. The highest BCUT2D eigenvalue weighted by Crippen LogP contribution is 2.30. The fraction of sp³-hybridized carbons (Fsp3) is 0.533. The van der Waals surface area contributed by atoms with E-state index in [1.165, 1.54) is 0 Å². The Morgan fingerprint density at radius 3 is 2.37 bits per heavy atom. The van der Waals surface area contributed by atoms with Crippen molar-refractivity contribution in [3.05, 3.63) is 23.3 Å². The number of carbonyl (C=O) groups excluding carboxylic acids is 1. The summed E-state index contributed by atoms with van der Waals surface area (Å²) in [5.41, 5.74) is 8.80. The molecule has 0 bridgehead atoms. The van der Waals surface area contributed by atoms with Gasteiger partial charge >= 0.3 is 6.09 Å². The second-order valence-electron chi connectivity index (χ2n) is 6.08. The first kappa shape index (κ1) is 15.3. The lowest BCUT2D eigenvalue weighted by Crippen LogP contribution is -2.27. The van der Waals surface area contributed by atoms with Gasteiger partial charge in [-0.25, -0.2) is 4.79 Å². The molecule has 106 valence electrons. The summed E-state index contributed by atoms with van der Waals surface area (Å²) in [4.78, 5) is 11.9. The van der Waals surface area contributed by atoms with Crippen LogP contribution in [0, 0.1) is 6.92 Å². The lowest BCUT2D eigenvalue weighted by atomic mass is 9.97. The summed E-state index contributed by atoms with van der Waals surface area (Å²) in [5.74, 6) is 0.270. The minimum absolute atomic E-state index is 0.270. The molecule has 1 aromatic carbocycles. The van der Waals surface area contributed by atoms with Gasteiger partial charge in [0, 0.05) is 5.69 Å². The molecule has 4 nitrogen and oxygen atoms in total. The molecular weight excluding hydrogens is 240 g/mol. The van der Waals surface area contributed by atoms with Crippen LogP contribution in [-0.4, -0.2) is 11.7 Å². The van der Waals surface area contributed by atoms with Crippen LogP contribution in [0.3, 0.4) is 0 Å². The number of nitrogens with two attached hydrogens (primary N) is 1. The quantitative estimate of drug-likeness (QED) is 0.792. The molecule has 0 saturated carbocycles. The average Bonchev–Trinajstić information content (AvgIpc) is 2.18. The van der Waals surface area contributed by atoms with Gasteiger partial charge in [0.25, 0.3) is 0 Å². The summed E-state index contributed by atoms with van der Waals surface area (Å²) in [6.45, 7) is 11.6. The van der Waals surface area contributed by atoms with E-state index in [1.807, 2.05) is 39.8 Å². The van der Waals surface area contributed by atoms with Crippen molar-refractivity contribution in [2.24, 2.45) is 0 Å². The molecule has 0 atom stereocenters. The Morgan fingerprint density at radius 2 is 1.89 bits per heavy atom. The van der Waals surface area contributed by atoms with Crippen LogP contribution in [0.4, 0.5) is 16.2 Å². The smallest absolute Gasteiger partial charge is 0.412 e. The van der Waals surface area contributed by atoms with E-state index in [4.69, 9.17) is 10.5 Å². The molecule has 0 aliphatic carbocycles. The lowest BCUT2D eigenvalue weighted by Gasteiger charge is -2.22. The number of rotatable bonds is 2. The fourth-order valence-electron chi connectivity index (χ4n) is 1.87. The van der Waals surface area contributed by atoms with Crippen molar-refractivity contribution >= 4 is 17.5 Å². The Balaban J connectivity index is 3.04. The van der Waals surface area contributed by atoms with Gasteiger partial charge in [0.1, 0.15) is 5.60 Å². The summed E-state index contributed by atoms with van der Waals surface area (Å²) in [7, 11) is 0. The van der Waals surface area contributed by atoms with Gasteiger partial charge in [0.05, 0.1) is 5.69 Å². The number of hydrogen-bond acceptors (Lipinski definition) is 3. The number of amides is 1. The maximum atomic E-state index is 11.9. The normalized spacial score (nSPS) is 11.5. The molecule has 0 aliphatic heterocycles. The van der Waals surface area contributed by atoms with Crippen LogP contribution in [-0.2, 0) is 4.74 Å². The van der Waals surface area contributed by atoms with Crippen molar-refractivity contribution in [1.82, 2.24) is 0 Å². The van der Waals surface area contributed by atoms with Gasteiger partial charge in [-0.15, -0.1) is 0 Å². The van der Waals surface area contributed by atoms with Gasteiger partial charge in [-0.1, -0.05) is 13.8 Å². The molecule has 3 N–H and O–H groups in total. The van der Waals surface area contributed by atoms with Gasteiger partial charge in [0.2, 0.25) is 0 Å². The van der Waals surface area contributed by atoms with Gasteiger partial charge < -0.3 is 10.5 Å². The van der Waals surface area contributed by atoms with Crippen LogP contribution < -0.4 is 11.1 Å². The van der Waals surface area contributed by atoms with E-state index in [0.717, 1.165) is 16.8 Å².